The summed E-state index contributed by atoms with van der Waals surface area (Å²) in [4.78, 5) is 12.2. The summed E-state index contributed by atoms with van der Waals surface area (Å²) < 4.78 is 27.5. The van der Waals surface area contributed by atoms with E-state index in [0.29, 0.717) is 5.02 Å². The molecule has 0 saturated carbocycles. The number of carbonyl (C=O) groups is 1. The molecule has 4 N–H and O–H groups in total. The van der Waals surface area contributed by atoms with E-state index in [0.717, 1.165) is 6.07 Å². The Balaban J connectivity index is 2.39. The molecule has 2 aromatic carbocycles. The molecule has 0 fully saturated rings. The van der Waals surface area contributed by atoms with Crippen molar-refractivity contribution >= 4 is 28.9 Å². The minimum Gasteiger partial charge on any atom is -0.323 e. The molecule has 0 radical (unpaired) electrons. The molecule has 110 valence electrons. The third-order valence-corrected chi connectivity index (χ3v) is 3.14. The highest BCUT2D eigenvalue weighted by molar-refractivity contribution is 6.31. The van der Waals surface area contributed by atoms with E-state index in [9.17, 15) is 13.6 Å². The molecule has 1 amide bonds. The van der Waals surface area contributed by atoms with Crippen LogP contribution in [0.1, 0.15) is 15.9 Å². The fourth-order valence-electron chi connectivity index (χ4n) is 1.78. The van der Waals surface area contributed by atoms with Crippen molar-refractivity contribution in [3.8, 4) is 0 Å². The smallest absolute Gasteiger partial charge is 0.258 e. The summed E-state index contributed by atoms with van der Waals surface area (Å²) in [6.07, 6.45) is 0. The Kier molecular flexibility index (Phi) is 4.40. The number of hydrogen-bond acceptors (Lipinski definition) is 3. The van der Waals surface area contributed by atoms with E-state index in [1.54, 1.807) is 0 Å². The van der Waals surface area contributed by atoms with Gasteiger partial charge < -0.3 is 10.7 Å². The minimum absolute atomic E-state index is 0.0744. The van der Waals surface area contributed by atoms with E-state index in [2.05, 4.69) is 10.7 Å². The number of amides is 1. The predicted octanol–water partition coefficient (Wildman–Crippen LogP) is 3.46. The van der Waals surface area contributed by atoms with Crippen LogP contribution in [0.2, 0.25) is 5.02 Å². The number of nitrogens with one attached hydrogen (secondary N) is 2. The van der Waals surface area contributed by atoms with Gasteiger partial charge in [-0.2, -0.15) is 0 Å². The molecule has 0 unspecified atom stereocenters. The van der Waals surface area contributed by atoms with Gasteiger partial charge in [0.2, 0.25) is 0 Å². The Morgan fingerprint density at radius 2 is 1.95 bits per heavy atom. The number of aryl methyl sites for hydroxylation is 1. The van der Waals surface area contributed by atoms with Gasteiger partial charge in [-0.3, -0.25) is 10.6 Å². The lowest BCUT2D eigenvalue weighted by atomic mass is 10.1. The Labute approximate surface area is 124 Å². The summed E-state index contributed by atoms with van der Waals surface area (Å²) in [6.45, 7) is 1.47. The molecule has 0 aromatic heterocycles. The van der Waals surface area contributed by atoms with Gasteiger partial charge in [0.15, 0.2) is 5.82 Å². The first-order chi connectivity index (χ1) is 9.93. The van der Waals surface area contributed by atoms with Crippen molar-refractivity contribution in [2.75, 3.05) is 10.7 Å². The third-order valence-electron chi connectivity index (χ3n) is 2.90. The molecule has 4 nitrogen and oxygen atoms in total. The van der Waals surface area contributed by atoms with Gasteiger partial charge >= 0.3 is 0 Å². The van der Waals surface area contributed by atoms with Crippen LogP contribution >= 0.6 is 11.6 Å². The first-order valence-corrected chi connectivity index (χ1v) is 6.34. The number of halogens is 3. The molecule has 0 saturated heterocycles. The summed E-state index contributed by atoms with van der Waals surface area (Å²) in [5.74, 6) is 2.88. The van der Waals surface area contributed by atoms with Crippen molar-refractivity contribution in [1.82, 2.24) is 0 Å². The maximum Gasteiger partial charge on any atom is 0.258 e. The molecule has 0 spiro atoms. The number of benzene rings is 2. The topological polar surface area (TPSA) is 67.2 Å². The summed E-state index contributed by atoms with van der Waals surface area (Å²) in [5.41, 5.74) is 2.39. The van der Waals surface area contributed by atoms with Crippen LogP contribution in [-0.4, -0.2) is 5.91 Å². The molecule has 21 heavy (non-hydrogen) atoms. The number of carbonyl (C=O) groups excluding carboxylic acids is 1. The minimum atomic E-state index is -0.865. The summed E-state index contributed by atoms with van der Waals surface area (Å²) in [5, 5.41) is 2.49. The number of rotatable bonds is 3. The van der Waals surface area contributed by atoms with Crippen LogP contribution in [-0.2, 0) is 0 Å². The second-order valence-electron chi connectivity index (χ2n) is 4.34. The van der Waals surface area contributed by atoms with Gasteiger partial charge in [0.05, 0.1) is 11.3 Å². The highest BCUT2D eigenvalue weighted by Crippen LogP contribution is 2.25. The van der Waals surface area contributed by atoms with Gasteiger partial charge in [0.25, 0.3) is 5.91 Å². The van der Waals surface area contributed by atoms with Crippen LogP contribution in [0.5, 0.6) is 0 Å². The second-order valence-corrected chi connectivity index (χ2v) is 4.78. The quantitative estimate of drug-likeness (QED) is 0.600. The van der Waals surface area contributed by atoms with Crippen LogP contribution in [0, 0.1) is 18.6 Å². The van der Waals surface area contributed by atoms with Crippen LogP contribution in [0.3, 0.4) is 0 Å². The zero-order valence-corrected chi connectivity index (χ0v) is 11.8. The monoisotopic (exact) mass is 311 g/mol. The predicted molar refractivity (Wildman–Crippen MR) is 78.3 cm³/mol. The molecule has 0 atom stereocenters. The maximum atomic E-state index is 13.9. The Hall–Kier alpha value is -2.18. The van der Waals surface area contributed by atoms with E-state index in [-0.39, 0.29) is 16.8 Å². The first-order valence-electron chi connectivity index (χ1n) is 5.96. The van der Waals surface area contributed by atoms with Crippen molar-refractivity contribution in [1.29, 1.82) is 0 Å². The number of hydrazine groups is 1. The van der Waals surface area contributed by atoms with Crippen molar-refractivity contribution in [2.24, 2.45) is 5.84 Å². The molecule has 2 rings (SSSR count). The number of nitrogens with two attached hydrogens (primary N) is 1. The van der Waals surface area contributed by atoms with E-state index in [1.165, 1.54) is 31.2 Å². The third kappa shape index (κ3) is 3.12. The zero-order valence-electron chi connectivity index (χ0n) is 11.0. The molecule has 0 aliphatic carbocycles. The highest BCUT2D eigenvalue weighted by atomic mass is 35.5. The molecule has 0 aliphatic rings. The Bertz CT molecular complexity index is 707. The van der Waals surface area contributed by atoms with Crippen LogP contribution in [0.25, 0.3) is 0 Å². The van der Waals surface area contributed by atoms with Gasteiger partial charge in [0.1, 0.15) is 11.5 Å². The Morgan fingerprint density at radius 3 is 2.62 bits per heavy atom. The van der Waals surface area contributed by atoms with E-state index in [1.807, 2.05) is 0 Å². The standard InChI is InChI=1S/C14H12ClF2N3O/c1-7-2-4-10(16)13(12(7)17)19-14(21)9-6-8(15)3-5-11(9)20-18/h2-6,20H,18H2,1H3,(H,19,21). The van der Waals surface area contributed by atoms with Crippen molar-refractivity contribution in [3.63, 3.8) is 0 Å². The van der Waals surface area contributed by atoms with Crippen molar-refractivity contribution < 1.29 is 13.6 Å². The highest BCUT2D eigenvalue weighted by Gasteiger charge is 2.17. The van der Waals surface area contributed by atoms with Gasteiger partial charge in [-0.25, -0.2) is 8.78 Å². The van der Waals surface area contributed by atoms with E-state index < -0.39 is 23.2 Å². The molecular formula is C14H12ClF2N3O. The summed E-state index contributed by atoms with van der Waals surface area (Å²) in [7, 11) is 0. The van der Waals surface area contributed by atoms with Crippen LogP contribution in [0.4, 0.5) is 20.2 Å². The summed E-state index contributed by atoms with van der Waals surface area (Å²) >= 11 is 5.81. The fourth-order valence-corrected chi connectivity index (χ4v) is 1.95. The zero-order chi connectivity index (χ0) is 15.6. The van der Waals surface area contributed by atoms with Gasteiger partial charge in [-0.1, -0.05) is 17.7 Å². The van der Waals surface area contributed by atoms with Gasteiger partial charge in [0, 0.05) is 5.02 Å². The van der Waals surface area contributed by atoms with Crippen LogP contribution < -0.4 is 16.6 Å². The fraction of sp³-hybridized carbons (Fsp3) is 0.0714. The molecule has 7 heteroatoms. The molecule has 0 heterocycles. The second kappa shape index (κ2) is 6.07. The summed E-state index contributed by atoms with van der Waals surface area (Å²) in [6, 6.07) is 6.72. The van der Waals surface area contributed by atoms with E-state index in [4.69, 9.17) is 17.4 Å². The lowest BCUT2D eigenvalue weighted by Gasteiger charge is -2.12. The van der Waals surface area contributed by atoms with Gasteiger partial charge in [-0.15, -0.1) is 0 Å². The molecule has 2 aromatic rings. The molecular weight excluding hydrogens is 300 g/mol. The Morgan fingerprint density at radius 1 is 1.24 bits per heavy atom. The lowest BCUT2D eigenvalue weighted by Crippen LogP contribution is -2.18. The normalized spacial score (nSPS) is 10.3. The molecule has 0 aliphatic heterocycles. The average Bonchev–Trinajstić information content (AvgIpc) is 2.47. The van der Waals surface area contributed by atoms with E-state index >= 15 is 0 Å². The van der Waals surface area contributed by atoms with Gasteiger partial charge in [-0.05, 0) is 36.8 Å². The average molecular weight is 312 g/mol. The van der Waals surface area contributed by atoms with Crippen molar-refractivity contribution in [3.05, 3.63) is 58.1 Å². The number of anilines is 2. The van der Waals surface area contributed by atoms with Crippen molar-refractivity contribution in [2.45, 2.75) is 6.92 Å². The van der Waals surface area contributed by atoms with Crippen LogP contribution in [0.15, 0.2) is 30.3 Å². The number of nitrogen functional groups attached to an aromatic ring is 1. The largest absolute Gasteiger partial charge is 0.323 e. The lowest BCUT2D eigenvalue weighted by molar-refractivity contribution is 0.102. The maximum absolute atomic E-state index is 13.9. The number of hydrogen-bond donors (Lipinski definition) is 3. The molecule has 0 bridgehead atoms. The SMILES string of the molecule is Cc1ccc(F)c(NC(=O)c2cc(Cl)ccc2NN)c1F. The first kappa shape index (κ1) is 15.2.